The van der Waals surface area contributed by atoms with Crippen molar-refractivity contribution in [2.45, 2.75) is 81.8 Å². The van der Waals surface area contributed by atoms with Crippen LogP contribution in [0.4, 0.5) is 5.95 Å². The highest BCUT2D eigenvalue weighted by atomic mass is 32.2. The minimum Gasteiger partial charge on any atom is -0.350 e. The zero-order valence-corrected chi connectivity index (χ0v) is 16.0. The Balaban J connectivity index is 1.71. The van der Waals surface area contributed by atoms with E-state index in [4.69, 9.17) is 0 Å². The van der Waals surface area contributed by atoms with E-state index >= 15 is 0 Å². The van der Waals surface area contributed by atoms with Gasteiger partial charge in [0, 0.05) is 24.7 Å². The molecule has 0 radical (unpaired) electrons. The van der Waals surface area contributed by atoms with E-state index < -0.39 is 0 Å². The van der Waals surface area contributed by atoms with Crippen LogP contribution >= 0.6 is 11.8 Å². The molecule has 3 rings (SSSR count). The maximum atomic E-state index is 12.5. The van der Waals surface area contributed by atoms with Crippen LogP contribution in [0.5, 0.6) is 0 Å². The molecular formula is C17H29N5OS. The van der Waals surface area contributed by atoms with Gasteiger partial charge >= 0.3 is 0 Å². The van der Waals surface area contributed by atoms with Crippen LogP contribution in [0.1, 0.15) is 65.8 Å². The third-order valence-electron chi connectivity index (χ3n) is 4.94. The molecule has 24 heavy (non-hydrogen) atoms. The summed E-state index contributed by atoms with van der Waals surface area (Å²) < 4.78 is 2.27. The van der Waals surface area contributed by atoms with E-state index in [1.54, 1.807) is 0 Å². The molecule has 1 aliphatic heterocycles. The topological polar surface area (TPSA) is 63.1 Å². The van der Waals surface area contributed by atoms with E-state index in [-0.39, 0.29) is 16.7 Å². The number of hydrogen-bond acceptors (Lipinski definition) is 5. The minimum absolute atomic E-state index is 0.0694. The summed E-state index contributed by atoms with van der Waals surface area (Å²) in [4.78, 5) is 14.8. The number of carbonyl (C=O) groups excluding carboxylic acids is 1. The van der Waals surface area contributed by atoms with Gasteiger partial charge < -0.3 is 10.2 Å². The smallest absolute Gasteiger partial charge is 0.233 e. The third-order valence-corrected chi connectivity index (χ3v) is 6.00. The number of thioether (sulfide) groups is 1. The van der Waals surface area contributed by atoms with Crippen molar-refractivity contribution in [3.8, 4) is 0 Å². The molecule has 1 atom stereocenters. The van der Waals surface area contributed by atoms with Gasteiger partial charge in [-0.3, -0.25) is 9.36 Å². The van der Waals surface area contributed by atoms with Crippen LogP contribution in [0, 0.1) is 0 Å². The van der Waals surface area contributed by atoms with Gasteiger partial charge in [-0.15, -0.1) is 10.2 Å². The molecule has 1 amide bonds. The number of nitrogens with zero attached hydrogens (tertiary/aromatic N) is 4. The largest absolute Gasteiger partial charge is 0.350 e. The maximum Gasteiger partial charge on any atom is 0.233 e. The van der Waals surface area contributed by atoms with Crippen LogP contribution in [-0.2, 0) is 4.79 Å². The summed E-state index contributed by atoms with van der Waals surface area (Å²) in [6.07, 6.45) is 5.75. The van der Waals surface area contributed by atoms with E-state index in [9.17, 15) is 4.79 Å². The van der Waals surface area contributed by atoms with E-state index in [2.05, 4.69) is 45.8 Å². The van der Waals surface area contributed by atoms with Crippen molar-refractivity contribution in [3.63, 3.8) is 0 Å². The van der Waals surface area contributed by atoms with Gasteiger partial charge in [0.15, 0.2) is 5.16 Å². The molecule has 1 aliphatic carbocycles. The van der Waals surface area contributed by atoms with Crippen molar-refractivity contribution in [3.05, 3.63) is 0 Å². The lowest BCUT2D eigenvalue weighted by Crippen LogP contribution is -2.46. The normalized spacial score (nSPS) is 19.6. The Morgan fingerprint density at radius 3 is 2.58 bits per heavy atom. The van der Waals surface area contributed by atoms with Gasteiger partial charge in [-0.1, -0.05) is 18.7 Å². The Morgan fingerprint density at radius 2 is 2.00 bits per heavy atom. The molecule has 2 heterocycles. The zero-order chi connectivity index (χ0) is 17.3. The molecule has 1 unspecified atom stereocenters. The lowest BCUT2D eigenvalue weighted by molar-refractivity contribution is -0.121. The predicted octanol–water partition coefficient (Wildman–Crippen LogP) is 3.00. The number of nitrogens with one attached hydrogen (secondary N) is 1. The molecule has 7 heteroatoms. The standard InChI is InChI=1S/C17H29N5OS/c1-5-17(3,4)18-14(23)12(2)24-16-20-19-15(21-10-6-7-11-21)22(16)13-8-9-13/h12-13H,5-11H2,1-4H3,(H,18,23). The fourth-order valence-corrected chi connectivity index (χ4v) is 3.78. The number of amides is 1. The average Bonchev–Trinajstić information content (AvgIpc) is 3.07. The van der Waals surface area contributed by atoms with Gasteiger partial charge in [0.1, 0.15) is 0 Å². The van der Waals surface area contributed by atoms with Gasteiger partial charge in [0.05, 0.1) is 5.25 Å². The lowest BCUT2D eigenvalue weighted by Gasteiger charge is -2.26. The molecule has 2 fully saturated rings. The summed E-state index contributed by atoms with van der Waals surface area (Å²) in [5.41, 5.74) is -0.170. The first-order chi connectivity index (χ1) is 11.4. The summed E-state index contributed by atoms with van der Waals surface area (Å²) in [6.45, 7) is 10.3. The molecule has 6 nitrogen and oxygen atoms in total. The van der Waals surface area contributed by atoms with Crippen molar-refractivity contribution in [1.82, 2.24) is 20.1 Å². The first kappa shape index (κ1) is 17.6. The number of anilines is 1. The Bertz CT molecular complexity index is 590. The fraction of sp³-hybridized carbons (Fsp3) is 0.824. The van der Waals surface area contributed by atoms with Gasteiger partial charge in [0.2, 0.25) is 11.9 Å². The first-order valence-corrected chi connectivity index (χ1v) is 9.98. The second-order valence-electron chi connectivity index (χ2n) is 7.56. The molecule has 134 valence electrons. The summed E-state index contributed by atoms with van der Waals surface area (Å²) in [7, 11) is 0. The second-order valence-corrected chi connectivity index (χ2v) is 8.87. The summed E-state index contributed by atoms with van der Waals surface area (Å²) in [5, 5.41) is 12.7. The highest BCUT2D eigenvalue weighted by Gasteiger charge is 2.33. The van der Waals surface area contributed by atoms with Crippen molar-refractivity contribution in [2.24, 2.45) is 0 Å². The van der Waals surface area contributed by atoms with Crippen molar-refractivity contribution in [2.75, 3.05) is 18.0 Å². The molecular weight excluding hydrogens is 322 g/mol. The van der Waals surface area contributed by atoms with Crippen LogP contribution < -0.4 is 10.2 Å². The van der Waals surface area contributed by atoms with Crippen LogP contribution in [0.2, 0.25) is 0 Å². The van der Waals surface area contributed by atoms with Gasteiger partial charge in [-0.2, -0.15) is 0 Å². The molecule has 1 saturated heterocycles. The Morgan fingerprint density at radius 1 is 1.33 bits per heavy atom. The first-order valence-electron chi connectivity index (χ1n) is 9.10. The third kappa shape index (κ3) is 3.87. The fourth-order valence-electron chi connectivity index (χ4n) is 2.87. The van der Waals surface area contributed by atoms with Gasteiger partial charge in [0.25, 0.3) is 0 Å². The monoisotopic (exact) mass is 351 g/mol. The van der Waals surface area contributed by atoms with Crippen LogP contribution in [0.25, 0.3) is 0 Å². The van der Waals surface area contributed by atoms with Crippen LogP contribution in [0.15, 0.2) is 5.16 Å². The molecule has 0 aromatic carbocycles. The molecule has 0 bridgehead atoms. The average molecular weight is 352 g/mol. The molecule has 2 aliphatic rings. The Labute approximate surface area is 148 Å². The SMILES string of the molecule is CCC(C)(C)NC(=O)C(C)Sc1nnc(N2CCCC2)n1C1CC1. The summed E-state index contributed by atoms with van der Waals surface area (Å²) in [6, 6.07) is 0.514. The number of hydrogen-bond donors (Lipinski definition) is 1. The Hall–Kier alpha value is -1.24. The van der Waals surface area contributed by atoms with Gasteiger partial charge in [-0.05, 0) is 52.9 Å². The van der Waals surface area contributed by atoms with E-state index in [0.717, 1.165) is 30.6 Å². The van der Waals surface area contributed by atoms with E-state index in [1.807, 2.05) is 6.92 Å². The quantitative estimate of drug-likeness (QED) is 0.765. The number of carbonyl (C=O) groups is 1. The second kappa shape index (κ2) is 6.94. The van der Waals surface area contributed by atoms with Crippen LogP contribution in [-0.4, -0.2) is 44.6 Å². The molecule has 1 aromatic heterocycles. The predicted molar refractivity (Wildman–Crippen MR) is 97.6 cm³/mol. The van der Waals surface area contributed by atoms with Crippen molar-refractivity contribution in [1.29, 1.82) is 0 Å². The number of rotatable bonds is 7. The Kier molecular flexibility index (Phi) is 5.08. The van der Waals surface area contributed by atoms with Crippen LogP contribution in [0.3, 0.4) is 0 Å². The van der Waals surface area contributed by atoms with Crippen molar-refractivity contribution >= 4 is 23.6 Å². The zero-order valence-electron chi connectivity index (χ0n) is 15.2. The number of aromatic nitrogens is 3. The molecule has 1 aromatic rings. The maximum absolute atomic E-state index is 12.5. The van der Waals surface area contributed by atoms with E-state index in [1.165, 1.54) is 37.4 Å². The highest BCUT2D eigenvalue weighted by molar-refractivity contribution is 8.00. The highest BCUT2D eigenvalue weighted by Crippen LogP contribution is 2.42. The summed E-state index contributed by atoms with van der Waals surface area (Å²) in [5.74, 6) is 1.07. The molecule has 1 saturated carbocycles. The molecule has 1 N–H and O–H groups in total. The minimum atomic E-state index is -0.177. The van der Waals surface area contributed by atoms with Crippen molar-refractivity contribution < 1.29 is 4.79 Å². The lowest BCUT2D eigenvalue weighted by atomic mass is 10.0. The molecule has 0 spiro atoms. The summed E-state index contributed by atoms with van der Waals surface area (Å²) >= 11 is 1.53. The van der Waals surface area contributed by atoms with Gasteiger partial charge in [-0.25, -0.2) is 0 Å². The van der Waals surface area contributed by atoms with E-state index in [0.29, 0.717) is 6.04 Å².